The fourth-order valence-corrected chi connectivity index (χ4v) is 1.54. The van der Waals surface area contributed by atoms with E-state index in [1.165, 1.54) is 12.1 Å². The summed E-state index contributed by atoms with van der Waals surface area (Å²) in [5.74, 6) is -0.333. The van der Waals surface area contributed by atoms with Crippen LogP contribution in [0.1, 0.15) is 5.69 Å². The van der Waals surface area contributed by atoms with E-state index < -0.39 is 12.9 Å². The summed E-state index contributed by atoms with van der Waals surface area (Å²) < 4.78 is 20.0. The zero-order valence-corrected chi connectivity index (χ0v) is 9.75. The van der Waals surface area contributed by atoms with Crippen molar-refractivity contribution in [3.05, 3.63) is 42.0 Å². The van der Waals surface area contributed by atoms with Crippen molar-refractivity contribution in [3.63, 3.8) is 0 Å². The molecule has 0 radical (unpaired) electrons. The Morgan fingerprint density at radius 3 is 2.78 bits per heavy atom. The number of rotatable bonds is 4. The number of ether oxygens (including phenoxy) is 1. The summed E-state index contributed by atoms with van der Waals surface area (Å²) in [6.07, 6.45) is 1.77. The molecule has 0 atom stereocenters. The van der Waals surface area contributed by atoms with E-state index in [1.54, 1.807) is 24.0 Å². The van der Waals surface area contributed by atoms with Crippen LogP contribution in [0.15, 0.2) is 30.5 Å². The summed E-state index contributed by atoms with van der Waals surface area (Å²) in [7, 11) is 0.00374. The average Bonchev–Trinajstić information content (AvgIpc) is 2.73. The number of hydrogen-bond donors (Lipinski definition) is 2. The van der Waals surface area contributed by atoms with E-state index in [0.29, 0.717) is 5.69 Å². The van der Waals surface area contributed by atoms with Crippen LogP contribution in [0.2, 0.25) is 0 Å². The summed E-state index contributed by atoms with van der Waals surface area (Å²) in [5, 5.41) is 22.3. The van der Waals surface area contributed by atoms with Gasteiger partial charge in [0.2, 0.25) is 0 Å². The first kappa shape index (κ1) is 12.6. The first-order chi connectivity index (χ1) is 8.56. The highest BCUT2D eigenvalue weighted by Crippen LogP contribution is 2.11. The largest absolute Gasteiger partial charge is 0.492 e. The van der Waals surface area contributed by atoms with Crippen molar-refractivity contribution in [1.82, 2.24) is 9.78 Å². The molecule has 1 heterocycles. The van der Waals surface area contributed by atoms with Crippen LogP contribution in [0, 0.1) is 5.82 Å². The summed E-state index contributed by atoms with van der Waals surface area (Å²) >= 11 is 0. The van der Waals surface area contributed by atoms with Crippen LogP contribution in [0.25, 0.3) is 0 Å². The Morgan fingerprint density at radius 2 is 2.17 bits per heavy atom. The number of hydrogen-bond acceptors (Lipinski definition) is 4. The standard InChI is InChI=1S/C11H12BFN2O3/c1-15-5-4-9(14-15)7-18-11-3-2-8(13)6-10(11)12(16)17/h2-6,16-17H,7H2,1H3. The quantitative estimate of drug-likeness (QED) is 0.738. The molecule has 0 unspecified atom stereocenters. The Kier molecular flexibility index (Phi) is 3.64. The van der Waals surface area contributed by atoms with Gasteiger partial charge in [0.1, 0.15) is 18.2 Å². The van der Waals surface area contributed by atoms with E-state index in [2.05, 4.69) is 5.10 Å². The minimum absolute atomic E-state index is 0.00840. The van der Waals surface area contributed by atoms with Crippen LogP contribution in [-0.4, -0.2) is 26.9 Å². The molecule has 0 aliphatic heterocycles. The van der Waals surface area contributed by atoms with E-state index in [9.17, 15) is 4.39 Å². The van der Waals surface area contributed by atoms with E-state index in [1.807, 2.05) is 0 Å². The lowest BCUT2D eigenvalue weighted by Gasteiger charge is -2.10. The lowest BCUT2D eigenvalue weighted by atomic mass is 9.79. The van der Waals surface area contributed by atoms with E-state index in [0.717, 1.165) is 6.07 Å². The monoisotopic (exact) mass is 250 g/mol. The van der Waals surface area contributed by atoms with Gasteiger partial charge in [-0.05, 0) is 24.3 Å². The van der Waals surface area contributed by atoms with Crippen molar-refractivity contribution >= 4 is 12.6 Å². The molecule has 1 aromatic carbocycles. The molecule has 0 saturated heterocycles. The van der Waals surface area contributed by atoms with Gasteiger partial charge in [0.25, 0.3) is 0 Å². The molecule has 2 rings (SSSR count). The molecule has 94 valence electrons. The van der Waals surface area contributed by atoms with Crippen molar-refractivity contribution in [2.75, 3.05) is 0 Å². The van der Waals surface area contributed by atoms with E-state index in [-0.39, 0.29) is 17.8 Å². The molecule has 7 heteroatoms. The fourth-order valence-electron chi connectivity index (χ4n) is 1.54. The lowest BCUT2D eigenvalue weighted by Crippen LogP contribution is -2.31. The third-order valence-electron chi connectivity index (χ3n) is 2.39. The second kappa shape index (κ2) is 5.20. The molecule has 2 N–H and O–H groups in total. The van der Waals surface area contributed by atoms with Crippen molar-refractivity contribution in [2.45, 2.75) is 6.61 Å². The Morgan fingerprint density at radius 1 is 1.39 bits per heavy atom. The summed E-state index contributed by atoms with van der Waals surface area (Å²) in [4.78, 5) is 0. The highest BCUT2D eigenvalue weighted by atomic mass is 19.1. The smallest absolute Gasteiger partial charge is 0.488 e. The molecule has 0 aliphatic rings. The zero-order chi connectivity index (χ0) is 13.1. The summed E-state index contributed by atoms with van der Waals surface area (Å²) in [6, 6.07) is 5.35. The molecule has 0 saturated carbocycles. The maximum absolute atomic E-state index is 13.0. The van der Waals surface area contributed by atoms with Gasteiger partial charge in [-0.25, -0.2) is 4.39 Å². The minimum Gasteiger partial charge on any atom is -0.488 e. The molecule has 2 aromatic rings. The highest BCUT2D eigenvalue weighted by Gasteiger charge is 2.18. The lowest BCUT2D eigenvalue weighted by molar-refractivity contribution is 0.300. The molecule has 0 spiro atoms. The zero-order valence-electron chi connectivity index (χ0n) is 9.75. The van der Waals surface area contributed by atoms with Gasteiger partial charge in [-0.3, -0.25) is 4.68 Å². The molecule has 5 nitrogen and oxygen atoms in total. The second-order valence-corrected chi connectivity index (χ2v) is 3.83. The highest BCUT2D eigenvalue weighted by molar-refractivity contribution is 6.59. The molecule has 0 amide bonds. The summed E-state index contributed by atoms with van der Waals surface area (Å²) in [6.45, 7) is 0.173. The number of nitrogens with zero attached hydrogens (tertiary/aromatic N) is 2. The van der Waals surface area contributed by atoms with Gasteiger partial charge in [0, 0.05) is 18.7 Å². The predicted molar refractivity (Wildman–Crippen MR) is 63.8 cm³/mol. The van der Waals surface area contributed by atoms with Gasteiger partial charge in [-0.2, -0.15) is 5.10 Å². The van der Waals surface area contributed by atoms with Crippen LogP contribution in [0.4, 0.5) is 4.39 Å². The Bertz CT molecular complexity index is 545. The second-order valence-electron chi connectivity index (χ2n) is 3.83. The molecule has 0 bridgehead atoms. The molecule has 0 fully saturated rings. The Labute approximate surface area is 104 Å². The van der Waals surface area contributed by atoms with Crippen molar-refractivity contribution in [2.24, 2.45) is 7.05 Å². The number of halogens is 1. The van der Waals surface area contributed by atoms with Gasteiger partial charge < -0.3 is 14.8 Å². The van der Waals surface area contributed by atoms with Crippen LogP contribution in [0.3, 0.4) is 0 Å². The van der Waals surface area contributed by atoms with Crippen LogP contribution in [0.5, 0.6) is 5.75 Å². The minimum atomic E-state index is -1.78. The summed E-state index contributed by atoms with van der Waals surface area (Å²) in [5.41, 5.74) is 0.686. The SMILES string of the molecule is Cn1ccc(COc2ccc(F)cc2B(O)O)n1. The van der Waals surface area contributed by atoms with Crippen molar-refractivity contribution in [3.8, 4) is 5.75 Å². The molecule has 1 aromatic heterocycles. The van der Waals surface area contributed by atoms with Gasteiger partial charge in [0.15, 0.2) is 0 Å². The maximum Gasteiger partial charge on any atom is 0.492 e. The van der Waals surface area contributed by atoms with Crippen LogP contribution >= 0.6 is 0 Å². The van der Waals surface area contributed by atoms with E-state index in [4.69, 9.17) is 14.8 Å². The number of aryl methyl sites for hydroxylation is 1. The number of benzene rings is 1. The molecular weight excluding hydrogens is 238 g/mol. The van der Waals surface area contributed by atoms with E-state index >= 15 is 0 Å². The van der Waals surface area contributed by atoms with Gasteiger partial charge in [-0.15, -0.1) is 0 Å². The third kappa shape index (κ3) is 2.88. The van der Waals surface area contributed by atoms with Gasteiger partial charge in [-0.1, -0.05) is 0 Å². The Balaban J connectivity index is 2.13. The first-order valence-electron chi connectivity index (χ1n) is 5.33. The first-order valence-corrected chi connectivity index (χ1v) is 5.33. The van der Waals surface area contributed by atoms with Crippen molar-refractivity contribution in [1.29, 1.82) is 0 Å². The van der Waals surface area contributed by atoms with Gasteiger partial charge in [0.05, 0.1) is 5.69 Å². The maximum atomic E-state index is 13.0. The fraction of sp³-hybridized carbons (Fsp3) is 0.182. The van der Waals surface area contributed by atoms with Crippen LogP contribution < -0.4 is 10.2 Å². The van der Waals surface area contributed by atoms with Gasteiger partial charge >= 0.3 is 7.12 Å². The normalized spacial score (nSPS) is 10.4. The average molecular weight is 250 g/mol. The molecule has 18 heavy (non-hydrogen) atoms. The Hall–Kier alpha value is -1.86. The van der Waals surface area contributed by atoms with Crippen LogP contribution in [-0.2, 0) is 13.7 Å². The van der Waals surface area contributed by atoms with Crippen molar-refractivity contribution < 1.29 is 19.2 Å². The molecular formula is C11H12BFN2O3. The predicted octanol–water partition coefficient (Wildman–Crippen LogP) is -0.182. The molecule has 0 aliphatic carbocycles. The number of aromatic nitrogens is 2. The third-order valence-corrected chi connectivity index (χ3v) is 2.39. The topological polar surface area (TPSA) is 67.5 Å².